The quantitative estimate of drug-likeness (QED) is 0.855. The van der Waals surface area contributed by atoms with E-state index in [-0.39, 0.29) is 11.9 Å². The Hall–Kier alpha value is -1.19. The molecule has 0 saturated carbocycles. The molecule has 3 heteroatoms. The molecule has 1 heterocycles. The van der Waals surface area contributed by atoms with Gasteiger partial charge in [0, 0.05) is 31.6 Å². The predicted molar refractivity (Wildman–Crippen MR) is 79.1 cm³/mol. The van der Waals surface area contributed by atoms with Crippen LogP contribution in [0.15, 0.2) is 18.2 Å². The average molecular weight is 273 g/mol. The Bertz CT molecular complexity index is 490. The fourth-order valence-electron chi connectivity index (χ4n) is 3.29. The molecular weight excluding hydrogens is 250 g/mol. The lowest BCUT2D eigenvalue weighted by molar-refractivity contribution is 0.0778. The number of aliphatic hydroxyl groups excluding tert-OH is 1. The van der Waals surface area contributed by atoms with Crippen molar-refractivity contribution in [1.82, 2.24) is 4.90 Å². The highest BCUT2D eigenvalue weighted by Crippen LogP contribution is 2.23. The molecule has 0 spiro atoms. The van der Waals surface area contributed by atoms with Crippen LogP contribution in [0.4, 0.5) is 0 Å². The molecule has 0 unspecified atom stereocenters. The van der Waals surface area contributed by atoms with Crippen molar-refractivity contribution in [3.05, 3.63) is 34.9 Å². The minimum Gasteiger partial charge on any atom is -0.393 e. The molecule has 1 aromatic carbocycles. The summed E-state index contributed by atoms with van der Waals surface area (Å²) in [7, 11) is 0. The summed E-state index contributed by atoms with van der Waals surface area (Å²) in [5.41, 5.74) is 3.67. The van der Waals surface area contributed by atoms with E-state index in [0.29, 0.717) is 6.42 Å². The lowest BCUT2D eigenvalue weighted by atomic mass is 10.0. The van der Waals surface area contributed by atoms with Crippen LogP contribution in [0, 0.1) is 0 Å². The Morgan fingerprint density at radius 1 is 1.20 bits per heavy atom. The van der Waals surface area contributed by atoms with Gasteiger partial charge in [0.1, 0.15) is 0 Å². The molecule has 0 bridgehead atoms. The number of ketones is 1. The van der Waals surface area contributed by atoms with E-state index in [0.717, 1.165) is 44.5 Å². The third-order valence-electron chi connectivity index (χ3n) is 4.63. The van der Waals surface area contributed by atoms with Gasteiger partial charge >= 0.3 is 0 Å². The number of hydrogen-bond donors (Lipinski definition) is 1. The van der Waals surface area contributed by atoms with E-state index in [2.05, 4.69) is 17.0 Å². The van der Waals surface area contributed by atoms with Crippen molar-refractivity contribution in [2.75, 3.05) is 19.6 Å². The second kappa shape index (κ2) is 6.06. The van der Waals surface area contributed by atoms with Gasteiger partial charge in [-0.15, -0.1) is 0 Å². The maximum Gasteiger partial charge on any atom is 0.164 e. The van der Waals surface area contributed by atoms with Gasteiger partial charge in [0.15, 0.2) is 5.78 Å². The fraction of sp³-hybridized carbons (Fsp3) is 0.588. The molecule has 1 aromatic rings. The molecule has 20 heavy (non-hydrogen) atoms. The van der Waals surface area contributed by atoms with E-state index in [1.165, 1.54) is 24.0 Å². The summed E-state index contributed by atoms with van der Waals surface area (Å²) in [6.45, 7) is 2.65. The summed E-state index contributed by atoms with van der Waals surface area (Å²) >= 11 is 0. The van der Waals surface area contributed by atoms with Crippen LogP contribution in [-0.4, -0.2) is 41.5 Å². The van der Waals surface area contributed by atoms with E-state index in [1.807, 2.05) is 6.07 Å². The SMILES string of the molecule is O=C(CCN1CCC(O)CC1)c1ccc2c(c1)CCC2. The monoisotopic (exact) mass is 273 g/mol. The largest absolute Gasteiger partial charge is 0.393 e. The van der Waals surface area contributed by atoms with Crippen molar-refractivity contribution in [3.63, 3.8) is 0 Å². The number of likely N-dealkylation sites (tertiary alicyclic amines) is 1. The second-order valence-electron chi connectivity index (χ2n) is 6.08. The first-order chi connectivity index (χ1) is 9.72. The standard InChI is InChI=1S/C17H23NO2/c19-16-6-9-18(10-7-16)11-8-17(20)15-5-4-13-2-1-3-14(13)12-15/h4-5,12,16,19H,1-3,6-11H2. The molecule has 108 valence electrons. The number of carbonyl (C=O) groups is 1. The Balaban J connectivity index is 1.54. The van der Waals surface area contributed by atoms with Gasteiger partial charge in [-0.2, -0.15) is 0 Å². The Labute approximate surface area is 120 Å². The summed E-state index contributed by atoms with van der Waals surface area (Å²) < 4.78 is 0. The van der Waals surface area contributed by atoms with Gasteiger partial charge < -0.3 is 10.0 Å². The number of piperidine rings is 1. The van der Waals surface area contributed by atoms with Crippen LogP contribution in [0.1, 0.15) is 47.2 Å². The van der Waals surface area contributed by atoms with Crippen molar-refractivity contribution in [3.8, 4) is 0 Å². The lowest BCUT2D eigenvalue weighted by Gasteiger charge is -2.29. The molecule has 0 amide bonds. The molecule has 1 aliphatic heterocycles. The highest BCUT2D eigenvalue weighted by atomic mass is 16.3. The van der Waals surface area contributed by atoms with Crippen LogP contribution in [-0.2, 0) is 12.8 Å². The smallest absolute Gasteiger partial charge is 0.164 e. The molecule has 0 aromatic heterocycles. The number of aliphatic hydroxyl groups is 1. The first-order valence-electron chi connectivity index (χ1n) is 7.78. The average Bonchev–Trinajstić information content (AvgIpc) is 2.93. The minimum absolute atomic E-state index is 0.140. The zero-order chi connectivity index (χ0) is 13.9. The Morgan fingerprint density at radius 2 is 1.95 bits per heavy atom. The third kappa shape index (κ3) is 3.10. The molecule has 1 aliphatic carbocycles. The molecule has 0 radical (unpaired) electrons. The van der Waals surface area contributed by atoms with Gasteiger partial charge in [0.05, 0.1) is 6.10 Å². The van der Waals surface area contributed by atoms with E-state index in [4.69, 9.17) is 0 Å². The molecule has 1 saturated heterocycles. The minimum atomic E-state index is -0.140. The predicted octanol–water partition coefficient (Wildman–Crippen LogP) is 2.20. The summed E-state index contributed by atoms with van der Waals surface area (Å²) in [4.78, 5) is 14.6. The second-order valence-corrected chi connectivity index (χ2v) is 6.08. The maximum atomic E-state index is 12.3. The van der Waals surface area contributed by atoms with Crippen LogP contribution in [0.3, 0.4) is 0 Å². The number of fused-ring (bicyclic) bond motifs is 1. The molecule has 3 rings (SSSR count). The van der Waals surface area contributed by atoms with Crippen molar-refractivity contribution in [2.24, 2.45) is 0 Å². The molecule has 1 fully saturated rings. The van der Waals surface area contributed by atoms with Gasteiger partial charge in [0.25, 0.3) is 0 Å². The van der Waals surface area contributed by atoms with Gasteiger partial charge in [-0.1, -0.05) is 12.1 Å². The van der Waals surface area contributed by atoms with E-state index >= 15 is 0 Å². The van der Waals surface area contributed by atoms with Crippen LogP contribution in [0.2, 0.25) is 0 Å². The molecule has 1 N–H and O–H groups in total. The highest BCUT2D eigenvalue weighted by molar-refractivity contribution is 5.96. The van der Waals surface area contributed by atoms with Crippen molar-refractivity contribution in [2.45, 2.75) is 44.6 Å². The summed E-state index contributed by atoms with van der Waals surface area (Å²) in [5.74, 6) is 0.255. The molecule has 2 aliphatic rings. The van der Waals surface area contributed by atoms with Crippen LogP contribution in [0.5, 0.6) is 0 Å². The summed E-state index contributed by atoms with van der Waals surface area (Å²) in [5, 5.41) is 9.48. The van der Waals surface area contributed by atoms with Crippen molar-refractivity contribution < 1.29 is 9.90 Å². The lowest BCUT2D eigenvalue weighted by Crippen LogP contribution is -2.37. The first kappa shape index (κ1) is 13.8. The Kier molecular flexibility index (Phi) is 4.18. The highest BCUT2D eigenvalue weighted by Gasteiger charge is 2.18. The molecule has 3 nitrogen and oxygen atoms in total. The van der Waals surface area contributed by atoms with E-state index in [1.54, 1.807) is 0 Å². The first-order valence-corrected chi connectivity index (χ1v) is 7.78. The Morgan fingerprint density at radius 3 is 2.75 bits per heavy atom. The van der Waals surface area contributed by atoms with Gasteiger partial charge in [0.2, 0.25) is 0 Å². The topological polar surface area (TPSA) is 40.5 Å². The van der Waals surface area contributed by atoms with Crippen molar-refractivity contribution >= 4 is 5.78 Å². The number of Topliss-reactive ketones (excluding diaryl/α,β-unsaturated/α-hetero) is 1. The van der Waals surface area contributed by atoms with Crippen molar-refractivity contribution in [1.29, 1.82) is 0 Å². The summed E-state index contributed by atoms with van der Waals surface area (Å²) in [6.07, 6.45) is 5.65. The maximum absolute atomic E-state index is 12.3. The number of rotatable bonds is 4. The third-order valence-corrected chi connectivity index (χ3v) is 4.63. The van der Waals surface area contributed by atoms with E-state index < -0.39 is 0 Å². The molecule has 0 atom stereocenters. The number of carbonyl (C=O) groups excluding carboxylic acids is 1. The van der Waals surface area contributed by atoms with Gasteiger partial charge in [-0.25, -0.2) is 0 Å². The number of aryl methyl sites for hydroxylation is 2. The zero-order valence-corrected chi connectivity index (χ0v) is 12.0. The zero-order valence-electron chi connectivity index (χ0n) is 12.0. The number of benzene rings is 1. The summed E-state index contributed by atoms with van der Waals surface area (Å²) in [6, 6.07) is 6.23. The van der Waals surface area contributed by atoms with Crippen LogP contribution in [0.25, 0.3) is 0 Å². The fourth-order valence-corrected chi connectivity index (χ4v) is 3.29. The van der Waals surface area contributed by atoms with Gasteiger partial charge in [-0.3, -0.25) is 4.79 Å². The van der Waals surface area contributed by atoms with Crippen LogP contribution >= 0.6 is 0 Å². The molecular formula is C17H23NO2. The van der Waals surface area contributed by atoms with Gasteiger partial charge in [-0.05, 0) is 49.3 Å². The normalized spacial score (nSPS) is 20.1. The number of hydrogen-bond acceptors (Lipinski definition) is 3. The number of nitrogens with zero attached hydrogens (tertiary/aromatic N) is 1. The van der Waals surface area contributed by atoms with E-state index in [9.17, 15) is 9.90 Å². The van der Waals surface area contributed by atoms with Crippen LogP contribution < -0.4 is 0 Å².